The summed E-state index contributed by atoms with van der Waals surface area (Å²) in [4.78, 5) is 17.0. The third-order valence-electron chi connectivity index (χ3n) is 5.44. The number of carbonyl (C=O) groups excluding carboxylic acids is 1. The first-order chi connectivity index (χ1) is 15.7. The summed E-state index contributed by atoms with van der Waals surface area (Å²) in [6, 6.07) is 15.8. The molecule has 0 aliphatic rings. The minimum atomic E-state index is -0.581. The summed E-state index contributed by atoms with van der Waals surface area (Å²) in [5, 5.41) is 8.54. The van der Waals surface area contributed by atoms with Crippen LogP contribution in [0.2, 0.25) is 0 Å². The molecule has 0 saturated heterocycles. The van der Waals surface area contributed by atoms with Crippen molar-refractivity contribution in [2.45, 2.75) is 39.7 Å². The van der Waals surface area contributed by atoms with Gasteiger partial charge in [0.2, 0.25) is 5.88 Å². The molecule has 0 aliphatic heterocycles. The van der Waals surface area contributed by atoms with Crippen LogP contribution >= 0.6 is 0 Å². The molecule has 1 aromatic heterocycles. The Hall–Kier alpha value is -3.61. The molecule has 0 N–H and O–H groups in total. The zero-order chi connectivity index (χ0) is 24.2. The van der Waals surface area contributed by atoms with Crippen molar-refractivity contribution in [2.75, 3.05) is 14.2 Å². The number of aryl methyl sites for hydroxylation is 1. The third kappa shape index (κ3) is 5.25. The SMILES string of the molecule is CO/N=C(/C(=O)OC)c1ccccc1COc1c(C)c(-c2ccc(C(C)(C)C)cc2)nn1C. The molecule has 7 heteroatoms. The van der Waals surface area contributed by atoms with Crippen LogP contribution in [0.3, 0.4) is 0 Å². The molecule has 174 valence electrons. The third-order valence-corrected chi connectivity index (χ3v) is 5.44. The van der Waals surface area contributed by atoms with Gasteiger partial charge in [0.1, 0.15) is 13.7 Å². The molecule has 2 aromatic carbocycles. The highest BCUT2D eigenvalue weighted by atomic mass is 16.6. The summed E-state index contributed by atoms with van der Waals surface area (Å²) in [5.74, 6) is 0.0741. The largest absolute Gasteiger partial charge is 0.473 e. The Balaban J connectivity index is 1.88. The number of oxime groups is 1. The number of carbonyl (C=O) groups is 1. The summed E-state index contributed by atoms with van der Waals surface area (Å²) >= 11 is 0. The maximum absolute atomic E-state index is 12.2. The van der Waals surface area contributed by atoms with E-state index in [0.717, 1.165) is 22.4 Å². The van der Waals surface area contributed by atoms with E-state index in [9.17, 15) is 4.79 Å². The fourth-order valence-electron chi connectivity index (χ4n) is 3.63. The van der Waals surface area contributed by atoms with Crippen LogP contribution < -0.4 is 4.74 Å². The van der Waals surface area contributed by atoms with Crippen LogP contribution in [-0.2, 0) is 33.4 Å². The van der Waals surface area contributed by atoms with Gasteiger partial charge in [-0.2, -0.15) is 5.10 Å². The first-order valence-corrected chi connectivity index (χ1v) is 10.7. The zero-order valence-corrected chi connectivity index (χ0v) is 20.3. The Morgan fingerprint density at radius 1 is 1.06 bits per heavy atom. The van der Waals surface area contributed by atoms with Crippen LogP contribution in [-0.4, -0.2) is 35.7 Å². The highest BCUT2D eigenvalue weighted by Crippen LogP contribution is 2.31. The second-order valence-corrected chi connectivity index (χ2v) is 8.79. The highest BCUT2D eigenvalue weighted by Gasteiger charge is 2.21. The van der Waals surface area contributed by atoms with E-state index in [1.54, 1.807) is 10.7 Å². The monoisotopic (exact) mass is 449 g/mol. The number of aromatic nitrogens is 2. The molecule has 0 spiro atoms. The normalized spacial score (nSPS) is 11.9. The molecular formula is C26H31N3O4. The summed E-state index contributed by atoms with van der Waals surface area (Å²) in [5.41, 5.74) is 5.65. The predicted molar refractivity (Wildman–Crippen MR) is 128 cm³/mol. The van der Waals surface area contributed by atoms with Crippen LogP contribution in [0.5, 0.6) is 5.88 Å². The summed E-state index contributed by atoms with van der Waals surface area (Å²) < 4.78 is 12.8. The smallest absolute Gasteiger partial charge is 0.360 e. The second kappa shape index (κ2) is 9.90. The molecule has 0 atom stereocenters. The van der Waals surface area contributed by atoms with Crippen LogP contribution in [0.4, 0.5) is 0 Å². The lowest BCUT2D eigenvalue weighted by Gasteiger charge is -2.19. The molecule has 1 heterocycles. The minimum absolute atomic E-state index is 0.0838. The maximum Gasteiger partial charge on any atom is 0.360 e. The van der Waals surface area contributed by atoms with Gasteiger partial charge >= 0.3 is 5.97 Å². The lowest BCUT2D eigenvalue weighted by Crippen LogP contribution is -2.20. The van der Waals surface area contributed by atoms with E-state index in [0.29, 0.717) is 11.4 Å². The molecule has 7 nitrogen and oxygen atoms in total. The van der Waals surface area contributed by atoms with E-state index in [1.165, 1.54) is 19.8 Å². The van der Waals surface area contributed by atoms with Gasteiger partial charge in [-0.15, -0.1) is 0 Å². The Morgan fingerprint density at radius 2 is 1.73 bits per heavy atom. The molecule has 0 amide bonds. The Kier molecular flexibility index (Phi) is 7.21. The van der Waals surface area contributed by atoms with E-state index in [-0.39, 0.29) is 17.7 Å². The number of methoxy groups -OCH3 is 1. The number of ether oxygens (including phenoxy) is 2. The fraction of sp³-hybridized carbons (Fsp3) is 0.346. The van der Waals surface area contributed by atoms with Crippen LogP contribution in [0.15, 0.2) is 53.7 Å². The summed E-state index contributed by atoms with van der Waals surface area (Å²) in [6.45, 7) is 8.80. The van der Waals surface area contributed by atoms with Gasteiger partial charge in [-0.1, -0.05) is 74.5 Å². The fourth-order valence-corrected chi connectivity index (χ4v) is 3.63. The van der Waals surface area contributed by atoms with Gasteiger partial charge in [-0.05, 0) is 23.5 Å². The van der Waals surface area contributed by atoms with Gasteiger partial charge in [0, 0.05) is 23.7 Å². The average molecular weight is 450 g/mol. The van der Waals surface area contributed by atoms with Gasteiger partial charge in [0.15, 0.2) is 5.71 Å². The standard InChI is InChI=1S/C26H31N3O4/c1-17-22(18-12-14-20(15-13-18)26(2,3)4)27-29(5)24(17)33-16-19-10-8-9-11-21(19)23(28-32-7)25(30)31-6/h8-15H,16H2,1-7H3/b28-23+. The zero-order valence-electron chi connectivity index (χ0n) is 20.3. The Bertz CT molecular complexity index is 1160. The van der Waals surface area contributed by atoms with Crippen LogP contribution in [0.1, 0.15) is 43.0 Å². The number of benzene rings is 2. The number of hydrogen-bond donors (Lipinski definition) is 0. The molecule has 0 radical (unpaired) electrons. The van der Waals surface area contributed by atoms with E-state index in [4.69, 9.17) is 14.3 Å². The molecule has 3 rings (SSSR count). The molecule has 0 aliphatic carbocycles. The van der Waals surface area contributed by atoms with E-state index >= 15 is 0 Å². The summed E-state index contributed by atoms with van der Waals surface area (Å²) in [7, 11) is 4.55. The topological polar surface area (TPSA) is 74.9 Å². The van der Waals surface area contributed by atoms with E-state index in [1.807, 2.05) is 32.2 Å². The highest BCUT2D eigenvalue weighted by molar-refractivity contribution is 6.43. The predicted octanol–water partition coefficient (Wildman–Crippen LogP) is 4.80. The second-order valence-electron chi connectivity index (χ2n) is 8.79. The molecular weight excluding hydrogens is 418 g/mol. The molecule has 0 saturated carbocycles. The Morgan fingerprint density at radius 3 is 2.33 bits per heavy atom. The van der Waals surface area contributed by atoms with Crippen molar-refractivity contribution in [3.8, 4) is 17.1 Å². The van der Waals surface area contributed by atoms with Crippen molar-refractivity contribution < 1.29 is 19.1 Å². The van der Waals surface area contributed by atoms with Gasteiger partial charge in [-0.3, -0.25) is 0 Å². The van der Waals surface area contributed by atoms with Crippen molar-refractivity contribution in [1.29, 1.82) is 0 Å². The molecule has 0 bridgehead atoms. The number of hydrogen-bond acceptors (Lipinski definition) is 6. The summed E-state index contributed by atoms with van der Waals surface area (Å²) in [6.07, 6.45) is 0. The van der Waals surface area contributed by atoms with Crippen LogP contribution in [0, 0.1) is 6.92 Å². The molecule has 33 heavy (non-hydrogen) atoms. The van der Waals surface area contributed by atoms with Crippen molar-refractivity contribution in [2.24, 2.45) is 12.2 Å². The minimum Gasteiger partial charge on any atom is -0.473 e. The lowest BCUT2D eigenvalue weighted by atomic mass is 9.86. The maximum atomic E-state index is 12.2. The van der Waals surface area contributed by atoms with E-state index in [2.05, 4.69) is 55.3 Å². The number of rotatable bonds is 7. The van der Waals surface area contributed by atoms with Gasteiger partial charge in [0.25, 0.3) is 0 Å². The van der Waals surface area contributed by atoms with Crippen molar-refractivity contribution in [1.82, 2.24) is 9.78 Å². The first-order valence-electron chi connectivity index (χ1n) is 10.7. The quantitative estimate of drug-likeness (QED) is 0.294. The molecule has 0 unspecified atom stereocenters. The lowest BCUT2D eigenvalue weighted by molar-refractivity contribution is -0.132. The van der Waals surface area contributed by atoms with Crippen LogP contribution in [0.25, 0.3) is 11.3 Å². The average Bonchev–Trinajstić information content (AvgIpc) is 3.08. The van der Waals surface area contributed by atoms with Crippen molar-refractivity contribution >= 4 is 11.7 Å². The Labute approximate surface area is 195 Å². The van der Waals surface area contributed by atoms with E-state index < -0.39 is 5.97 Å². The van der Waals surface area contributed by atoms with Crippen molar-refractivity contribution in [3.05, 3.63) is 70.8 Å². The molecule has 0 fully saturated rings. The number of esters is 1. The van der Waals surface area contributed by atoms with Gasteiger partial charge in [-0.25, -0.2) is 9.48 Å². The van der Waals surface area contributed by atoms with Gasteiger partial charge < -0.3 is 14.3 Å². The number of nitrogens with zero attached hydrogens (tertiary/aromatic N) is 3. The van der Waals surface area contributed by atoms with Crippen molar-refractivity contribution in [3.63, 3.8) is 0 Å². The first kappa shape index (κ1) is 24.0. The van der Waals surface area contributed by atoms with Gasteiger partial charge in [0.05, 0.1) is 12.8 Å². The molecule has 3 aromatic rings.